The van der Waals surface area contributed by atoms with Crippen LogP contribution >= 0.6 is 0 Å². The Labute approximate surface area is 91.7 Å². The summed E-state index contributed by atoms with van der Waals surface area (Å²) in [6.45, 7) is 0.416. The van der Waals surface area contributed by atoms with Crippen molar-refractivity contribution in [2.75, 3.05) is 6.54 Å². The molecule has 1 heterocycles. The van der Waals surface area contributed by atoms with Gasteiger partial charge in [0.05, 0.1) is 5.56 Å². The van der Waals surface area contributed by atoms with Crippen LogP contribution in [0.3, 0.4) is 0 Å². The number of hydrogen-bond donors (Lipinski definition) is 1. The number of hydrogen-bond acceptors (Lipinski definition) is 2. The summed E-state index contributed by atoms with van der Waals surface area (Å²) in [6, 6.07) is 1.48. The molecule has 0 saturated heterocycles. The second-order valence-electron chi connectivity index (χ2n) is 4.24. The standard InChI is InChI=1S/C11H13F3N2/c12-11(13,14)9-7-16-6-1-8(9)10(2-3-10)4-5-15/h1,6-7H,2-5,15H2. The molecule has 0 unspecified atom stereocenters. The summed E-state index contributed by atoms with van der Waals surface area (Å²) in [6.07, 6.45) is 0.190. The van der Waals surface area contributed by atoms with Crippen molar-refractivity contribution in [2.45, 2.75) is 30.9 Å². The minimum absolute atomic E-state index is 0.345. The lowest BCUT2D eigenvalue weighted by atomic mass is 9.89. The van der Waals surface area contributed by atoms with E-state index in [2.05, 4.69) is 4.98 Å². The third-order valence-electron chi connectivity index (χ3n) is 3.17. The summed E-state index contributed by atoms with van der Waals surface area (Å²) < 4.78 is 38.3. The van der Waals surface area contributed by atoms with Gasteiger partial charge in [0, 0.05) is 12.4 Å². The lowest BCUT2D eigenvalue weighted by Crippen LogP contribution is -2.19. The monoisotopic (exact) mass is 230 g/mol. The second-order valence-corrected chi connectivity index (χ2v) is 4.24. The molecule has 2 nitrogen and oxygen atoms in total. The third-order valence-corrected chi connectivity index (χ3v) is 3.17. The van der Waals surface area contributed by atoms with Crippen LogP contribution in [0.15, 0.2) is 18.5 Å². The van der Waals surface area contributed by atoms with Crippen LogP contribution in [0.4, 0.5) is 13.2 Å². The average molecular weight is 230 g/mol. The number of nitrogens with two attached hydrogens (primary N) is 1. The molecule has 1 fully saturated rings. The van der Waals surface area contributed by atoms with E-state index in [9.17, 15) is 13.2 Å². The molecule has 1 saturated carbocycles. The second kappa shape index (κ2) is 3.73. The van der Waals surface area contributed by atoms with Crippen molar-refractivity contribution in [3.05, 3.63) is 29.6 Å². The largest absolute Gasteiger partial charge is 0.418 e. The smallest absolute Gasteiger partial charge is 0.330 e. The fraction of sp³-hybridized carbons (Fsp3) is 0.545. The fourth-order valence-corrected chi connectivity index (χ4v) is 2.16. The van der Waals surface area contributed by atoms with E-state index in [0.717, 1.165) is 19.0 Å². The number of aromatic nitrogens is 1. The number of rotatable bonds is 3. The van der Waals surface area contributed by atoms with Crippen LogP contribution in [0, 0.1) is 0 Å². The quantitative estimate of drug-likeness (QED) is 0.866. The van der Waals surface area contributed by atoms with Gasteiger partial charge >= 0.3 is 6.18 Å². The molecule has 0 radical (unpaired) electrons. The van der Waals surface area contributed by atoms with E-state index in [0.29, 0.717) is 18.5 Å². The molecule has 2 N–H and O–H groups in total. The first-order chi connectivity index (χ1) is 7.49. The first-order valence-electron chi connectivity index (χ1n) is 5.21. The maximum Gasteiger partial charge on any atom is 0.418 e. The van der Waals surface area contributed by atoms with Crippen LogP contribution in [0.5, 0.6) is 0 Å². The number of halogens is 3. The minimum Gasteiger partial charge on any atom is -0.330 e. The van der Waals surface area contributed by atoms with Crippen molar-refractivity contribution in [3.63, 3.8) is 0 Å². The first kappa shape index (κ1) is 11.4. The van der Waals surface area contributed by atoms with Crippen LogP contribution in [-0.2, 0) is 11.6 Å². The van der Waals surface area contributed by atoms with E-state index >= 15 is 0 Å². The Kier molecular flexibility index (Phi) is 2.66. The van der Waals surface area contributed by atoms with Gasteiger partial charge in [0.15, 0.2) is 0 Å². The van der Waals surface area contributed by atoms with Crippen molar-refractivity contribution in [3.8, 4) is 0 Å². The molecule has 0 aromatic carbocycles. The Balaban J connectivity index is 2.41. The van der Waals surface area contributed by atoms with Gasteiger partial charge in [-0.1, -0.05) is 0 Å². The molecule has 0 atom stereocenters. The summed E-state index contributed by atoms with van der Waals surface area (Å²) in [5.41, 5.74) is 4.86. The van der Waals surface area contributed by atoms with Gasteiger partial charge in [0.25, 0.3) is 0 Å². The van der Waals surface area contributed by atoms with Crippen LogP contribution in [0.2, 0.25) is 0 Å². The van der Waals surface area contributed by atoms with Crippen molar-refractivity contribution < 1.29 is 13.2 Å². The molecule has 1 aliphatic carbocycles. The van der Waals surface area contributed by atoms with Crippen LogP contribution in [0.1, 0.15) is 30.4 Å². The van der Waals surface area contributed by atoms with E-state index in [1.807, 2.05) is 0 Å². The molecule has 5 heteroatoms. The normalized spacial score (nSPS) is 18.5. The van der Waals surface area contributed by atoms with Crippen molar-refractivity contribution in [1.82, 2.24) is 4.98 Å². The van der Waals surface area contributed by atoms with Gasteiger partial charge in [-0.05, 0) is 42.9 Å². The summed E-state index contributed by atoms with van der Waals surface area (Å²) in [5.74, 6) is 0. The van der Waals surface area contributed by atoms with Crippen molar-refractivity contribution in [1.29, 1.82) is 0 Å². The van der Waals surface area contributed by atoms with E-state index in [1.165, 1.54) is 12.3 Å². The highest BCUT2D eigenvalue weighted by molar-refractivity contribution is 5.38. The Bertz CT molecular complexity index is 383. The van der Waals surface area contributed by atoms with Crippen LogP contribution in [-0.4, -0.2) is 11.5 Å². The highest BCUT2D eigenvalue weighted by Gasteiger charge is 2.48. The molecular formula is C11H13F3N2. The molecule has 0 bridgehead atoms. The van der Waals surface area contributed by atoms with Crippen molar-refractivity contribution >= 4 is 0 Å². The summed E-state index contributed by atoms with van der Waals surface area (Å²) >= 11 is 0. The zero-order valence-corrected chi connectivity index (χ0v) is 8.72. The third kappa shape index (κ3) is 1.91. The maximum absolute atomic E-state index is 12.8. The Morgan fingerprint density at radius 1 is 1.38 bits per heavy atom. The molecular weight excluding hydrogens is 217 g/mol. The fourth-order valence-electron chi connectivity index (χ4n) is 2.16. The van der Waals surface area contributed by atoms with E-state index in [1.54, 1.807) is 0 Å². The van der Waals surface area contributed by atoms with E-state index in [-0.39, 0.29) is 5.41 Å². The topological polar surface area (TPSA) is 38.9 Å². The molecule has 0 spiro atoms. The molecule has 1 aromatic rings. The van der Waals surface area contributed by atoms with Gasteiger partial charge in [-0.25, -0.2) is 0 Å². The number of alkyl halides is 3. The zero-order chi connectivity index (χ0) is 11.8. The molecule has 0 amide bonds. The molecule has 1 aliphatic rings. The van der Waals surface area contributed by atoms with Gasteiger partial charge in [0.1, 0.15) is 0 Å². The predicted molar refractivity (Wildman–Crippen MR) is 53.8 cm³/mol. The molecule has 2 rings (SSSR count). The van der Waals surface area contributed by atoms with Gasteiger partial charge in [0.2, 0.25) is 0 Å². The predicted octanol–water partition coefficient (Wildman–Crippen LogP) is 2.48. The Hall–Kier alpha value is -1.10. The van der Waals surface area contributed by atoms with Gasteiger partial charge in [-0.2, -0.15) is 13.2 Å². The van der Waals surface area contributed by atoms with E-state index < -0.39 is 11.7 Å². The SMILES string of the molecule is NCCC1(c2ccncc2C(F)(F)F)CC1. The van der Waals surface area contributed by atoms with Crippen LogP contribution < -0.4 is 5.73 Å². The highest BCUT2D eigenvalue weighted by Crippen LogP contribution is 2.53. The summed E-state index contributed by atoms with van der Waals surface area (Å²) in [5, 5.41) is 0. The molecule has 16 heavy (non-hydrogen) atoms. The Morgan fingerprint density at radius 2 is 2.06 bits per heavy atom. The van der Waals surface area contributed by atoms with Gasteiger partial charge < -0.3 is 5.73 Å². The average Bonchev–Trinajstić information content (AvgIpc) is 2.98. The number of pyridine rings is 1. The summed E-state index contributed by atoms with van der Waals surface area (Å²) in [7, 11) is 0. The molecule has 1 aromatic heterocycles. The maximum atomic E-state index is 12.8. The lowest BCUT2D eigenvalue weighted by molar-refractivity contribution is -0.138. The number of nitrogens with zero attached hydrogens (tertiary/aromatic N) is 1. The highest BCUT2D eigenvalue weighted by atomic mass is 19.4. The minimum atomic E-state index is -4.33. The van der Waals surface area contributed by atoms with Crippen molar-refractivity contribution in [2.24, 2.45) is 5.73 Å². The Morgan fingerprint density at radius 3 is 2.56 bits per heavy atom. The molecule has 0 aliphatic heterocycles. The zero-order valence-electron chi connectivity index (χ0n) is 8.72. The summed E-state index contributed by atoms with van der Waals surface area (Å²) in [4.78, 5) is 3.56. The lowest BCUT2D eigenvalue weighted by Gasteiger charge is -2.19. The molecule has 88 valence electrons. The van der Waals surface area contributed by atoms with Crippen LogP contribution in [0.25, 0.3) is 0 Å². The van der Waals surface area contributed by atoms with E-state index in [4.69, 9.17) is 5.73 Å². The van der Waals surface area contributed by atoms with Gasteiger partial charge in [-0.15, -0.1) is 0 Å². The van der Waals surface area contributed by atoms with Gasteiger partial charge in [-0.3, -0.25) is 4.98 Å². The first-order valence-corrected chi connectivity index (χ1v) is 5.21.